The maximum absolute atomic E-state index is 12.0. The van der Waals surface area contributed by atoms with Crippen molar-refractivity contribution in [3.8, 4) is 0 Å². The molecule has 110 valence electrons. The van der Waals surface area contributed by atoms with Crippen molar-refractivity contribution in [1.29, 1.82) is 0 Å². The Labute approximate surface area is 121 Å². The number of carbonyl (C=O) groups excluding carboxylic acids is 1. The third kappa shape index (κ3) is 4.21. The average molecular weight is 298 g/mol. The number of carboxylic acids is 1. The average Bonchev–Trinajstić information content (AvgIpc) is 2.97. The summed E-state index contributed by atoms with van der Waals surface area (Å²) >= 11 is 1.61. The lowest BCUT2D eigenvalue weighted by Gasteiger charge is -2.32. The van der Waals surface area contributed by atoms with Crippen LogP contribution in [0.3, 0.4) is 0 Å². The Bertz CT molecular complexity index is 449. The Balaban J connectivity index is 1.77. The van der Waals surface area contributed by atoms with Gasteiger partial charge in [0, 0.05) is 19.5 Å². The number of nitrogens with zero attached hydrogens (tertiary/aromatic N) is 1. The van der Waals surface area contributed by atoms with Crippen molar-refractivity contribution < 1.29 is 19.4 Å². The van der Waals surface area contributed by atoms with Crippen LogP contribution in [0.5, 0.6) is 0 Å². The van der Waals surface area contributed by atoms with E-state index in [2.05, 4.69) is 5.32 Å². The maximum Gasteiger partial charge on any atom is 0.317 e. The maximum atomic E-state index is 12.0. The molecule has 0 bridgehead atoms. The van der Waals surface area contributed by atoms with Crippen LogP contribution >= 0.6 is 11.3 Å². The molecule has 0 radical (unpaired) electrons. The molecule has 20 heavy (non-hydrogen) atoms. The molecule has 2 rings (SSSR count). The lowest BCUT2D eigenvalue weighted by Crippen LogP contribution is -2.47. The molecule has 2 heterocycles. The molecule has 1 aromatic rings. The van der Waals surface area contributed by atoms with Gasteiger partial charge in [-0.2, -0.15) is 11.3 Å². The standard InChI is InChI=1S/C13H18N2O4S/c16-12(17)2-1-4-14-13(18)15-5-6-19-11(8-15)10-3-7-20-9-10/h3,7,9,11H,1-2,4-6,8H2,(H,14,18)(H,16,17). The largest absolute Gasteiger partial charge is 0.481 e. The first kappa shape index (κ1) is 14.8. The van der Waals surface area contributed by atoms with E-state index in [1.165, 1.54) is 0 Å². The summed E-state index contributed by atoms with van der Waals surface area (Å²) in [5.74, 6) is -0.844. The molecule has 0 spiro atoms. The smallest absolute Gasteiger partial charge is 0.317 e. The molecular formula is C13H18N2O4S. The van der Waals surface area contributed by atoms with Gasteiger partial charge in [-0.1, -0.05) is 0 Å². The van der Waals surface area contributed by atoms with Crippen LogP contribution in [0.15, 0.2) is 16.8 Å². The number of aliphatic carboxylic acids is 1. The second-order valence-electron chi connectivity index (χ2n) is 4.59. The fraction of sp³-hybridized carbons (Fsp3) is 0.538. The van der Waals surface area contributed by atoms with Crippen LogP contribution in [0.1, 0.15) is 24.5 Å². The van der Waals surface area contributed by atoms with Crippen LogP contribution in [0.2, 0.25) is 0 Å². The van der Waals surface area contributed by atoms with Gasteiger partial charge < -0.3 is 20.1 Å². The number of carbonyl (C=O) groups is 2. The Hall–Kier alpha value is -1.60. The number of morpholine rings is 1. The molecule has 0 saturated carbocycles. The number of amides is 2. The van der Waals surface area contributed by atoms with Gasteiger partial charge in [-0.05, 0) is 28.8 Å². The first-order valence-corrected chi connectivity index (χ1v) is 7.49. The fourth-order valence-corrected chi connectivity index (χ4v) is 2.74. The van der Waals surface area contributed by atoms with E-state index in [1.807, 2.05) is 16.8 Å². The molecule has 1 atom stereocenters. The summed E-state index contributed by atoms with van der Waals surface area (Å²) in [5.41, 5.74) is 1.10. The summed E-state index contributed by atoms with van der Waals surface area (Å²) in [5, 5.41) is 15.3. The molecule has 2 amide bonds. The summed E-state index contributed by atoms with van der Waals surface area (Å²) < 4.78 is 5.67. The summed E-state index contributed by atoms with van der Waals surface area (Å²) in [6.07, 6.45) is 0.445. The molecule has 0 aromatic carbocycles. The first-order valence-electron chi connectivity index (χ1n) is 6.55. The second-order valence-corrected chi connectivity index (χ2v) is 5.37. The third-order valence-corrected chi connectivity index (χ3v) is 3.81. The van der Waals surface area contributed by atoms with E-state index in [9.17, 15) is 9.59 Å². The van der Waals surface area contributed by atoms with E-state index in [-0.39, 0.29) is 18.6 Å². The number of carboxylic acid groups (broad SMARTS) is 1. The summed E-state index contributed by atoms with van der Waals surface area (Å²) in [7, 11) is 0. The van der Waals surface area contributed by atoms with Crippen molar-refractivity contribution in [2.75, 3.05) is 26.2 Å². The number of thiophene rings is 1. The normalized spacial score (nSPS) is 18.8. The highest BCUT2D eigenvalue weighted by Crippen LogP contribution is 2.24. The molecule has 1 unspecified atom stereocenters. The van der Waals surface area contributed by atoms with E-state index in [0.29, 0.717) is 32.7 Å². The van der Waals surface area contributed by atoms with Crippen LogP contribution in [0.25, 0.3) is 0 Å². The van der Waals surface area contributed by atoms with Crippen LogP contribution < -0.4 is 5.32 Å². The van der Waals surface area contributed by atoms with E-state index in [0.717, 1.165) is 5.56 Å². The zero-order valence-electron chi connectivity index (χ0n) is 11.1. The number of hydrogen-bond acceptors (Lipinski definition) is 4. The van der Waals surface area contributed by atoms with Gasteiger partial charge in [-0.15, -0.1) is 0 Å². The zero-order chi connectivity index (χ0) is 14.4. The lowest BCUT2D eigenvalue weighted by atomic mass is 10.1. The summed E-state index contributed by atoms with van der Waals surface area (Å²) in [6.45, 7) is 1.99. The molecule has 1 fully saturated rings. The van der Waals surface area contributed by atoms with E-state index in [4.69, 9.17) is 9.84 Å². The van der Waals surface area contributed by atoms with Gasteiger partial charge in [0.25, 0.3) is 0 Å². The monoisotopic (exact) mass is 298 g/mol. The Morgan fingerprint density at radius 2 is 2.40 bits per heavy atom. The molecule has 6 nitrogen and oxygen atoms in total. The van der Waals surface area contributed by atoms with E-state index in [1.54, 1.807) is 16.2 Å². The van der Waals surface area contributed by atoms with Gasteiger partial charge in [0.15, 0.2) is 0 Å². The van der Waals surface area contributed by atoms with Crippen LogP contribution in [-0.4, -0.2) is 48.2 Å². The van der Waals surface area contributed by atoms with Gasteiger partial charge >= 0.3 is 12.0 Å². The van der Waals surface area contributed by atoms with Crippen molar-refractivity contribution in [3.05, 3.63) is 22.4 Å². The minimum Gasteiger partial charge on any atom is -0.481 e. The molecule has 1 aromatic heterocycles. The predicted molar refractivity (Wildman–Crippen MR) is 74.9 cm³/mol. The number of urea groups is 1. The van der Waals surface area contributed by atoms with E-state index < -0.39 is 5.97 Å². The SMILES string of the molecule is O=C(O)CCCNC(=O)N1CCOC(c2ccsc2)C1. The Kier molecular flexibility index (Phi) is 5.37. The molecule has 1 aliphatic rings. The predicted octanol–water partition coefficient (Wildman–Crippen LogP) is 1.70. The zero-order valence-corrected chi connectivity index (χ0v) is 11.9. The number of hydrogen-bond donors (Lipinski definition) is 2. The topological polar surface area (TPSA) is 78.9 Å². The molecule has 0 aliphatic carbocycles. The molecule has 7 heteroatoms. The highest BCUT2D eigenvalue weighted by Gasteiger charge is 2.25. The number of nitrogens with one attached hydrogen (secondary N) is 1. The van der Waals surface area contributed by atoms with Crippen molar-refractivity contribution in [1.82, 2.24) is 10.2 Å². The van der Waals surface area contributed by atoms with Gasteiger partial charge in [-0.25, -0.2) is 4.79 Å². The minimum atomic E-state index is -0.844. The van der Waals surface area contributed by atoms with Gasteiger partial charge in [0.1, 0.15) is 6.10 Å². The lowest BCUT2D eigenvalue weighted by molar-refractivity contribution is -0.137. The van der Waals surface area contributed by atoms with Crippen molar-refractivity contribution in [2.45, 2.75) is 18.9 Å². The molecule has 1 saturated heterocycles. The minimum absolute atomic E-state index is 0.0697. The van der Waals surface area contributed by atoms with Crippen LogP contribution in [0, 0.1) is 0 Å². The van der Waals surface area contributed by atoms with Gasteiger partial charge in [0.05, 0.1) is 13.2 Å². The van der Waals surface area contributed by atoms with Crippen LogP contribution in [-0.2, 0) is 9.53 Å². The summed E-state index contributed by atoms with van der Waals surface area (Å²) in [4.78, 5) is 24.1. The van der Waals surface area contributed by atoms with E-state index >= 15 is 0 Å². The Morgan fingerprint density at radius 3 is 3.10 bits per heavy atom. The quantitative estimate of drug-likeness (QED) is 0.811. The first-order chi connectivity index (χ1) is 9.66. The van der Waals surface area contributed by atoms with Gasteiger partial charge in [-0.3, -0.25) is 4.79 Å². The van der Waals surface area contributed by atoms with Gasteiger partial charge in [0.2, 0.25) is 0 Å². The second kappa shape index (κ2) is 7.25. The Morgan fingerprint density at radius 1 is 1.55 bits per heavy atom. The van der Waals surface area contributed by atoms with Crippen molar-refractivity contribution in [2.24, 2.45) is 0 Å². The van der Waals surface area contributed by atoms with Crippen molar-refractivity contribution >= 4 is 23.3 Å². The van der Waals surface area contributed by atoms with Crippen LogP contribution in [0.4, 0.5) is 4.79 Å². The summed E-state index contributed by atoms with van der Waals surface area (Å²) in [6, 6.07) is 1.85. The molecule has 2 N–H and O–H groups in total. The highest BCUT2D eigenvalue weighted by molar-refractivity contribution is 7.07. The fourth-order valence-electron chi connectivity index (χ4n) is 2.04. The number of ether oxygens (including phenoxy) is 1. The van der Waals surface area contributed by atoms with Crippen molar-refractivity contribution in [3.63, 3.8) is 0 Å². The highest BCUT2D eigenvalue weighted by atomic mass is 32.1. The molecule has 1 aliphatic heterocycles. The number of rotatable bonds is 5. The molecular weight excluding hydrogens is 280 g/mol. The third-order valence-electron chi connectivity index (χ3n) is 3.11.